The van der Waals surface area contributed by atoms with Crippen LogP contribution in [-0.4, -0.2) is 48.9 Å². The van der Waals surface area contributed by atoms with Gasteiger partial charge in [0.05, 0.1) is 18.7 Å². The van der Waals surface area contributed by atoms with Crippen molar-refractivity contribution in [2.24, 2.45) is 5.92 Å². The first-order valence-electron chi connectivity index (χ1n) is 7.02. The first-order chi connectivity index (χ1) is 9.70. The van der Waals surface area contributed by atoms with Crippen LogP contribution in [0.25, 0.3) is 0 Å². The minimum atomic E-state index is -0.387. The lowest BCUT2D eigenvalue weighted by molar-refractivity contribution is -0.142. The fraction of sp³-hybridized carbons (Fsp3) is 0.667. The molecule has 0 aromatic rings. The Morgan fingerprint density at radius 3 is 2.24 bits per heavy atom. The van der Waals surface area contributed by atoms with Gasteiger partial charge in [-0.1, -0.05) is 19.9 Å². The second-order valence-corrected chi connectivity index (χ2v) is 5.54. The van der Waals surface area contributed by atoms with Crippen LogP contribution in [0.2, 0.25) is 0 Å². The molecule has 0 bridgehead atoms. The molecule has 0 aliphatic carbocycles. The van der Waals surface area contributed by atoms with E-state index in [0.717, 1.165) is 0 Å². The predicted molar refractivity (Wildman–Crippen MR) is 80.4 cm³/mol. The average Bonchev–Trinajstić information content (AvgIpc) is 2.39. The average molecular weight is 298 g/mol. The molecule has 0 aromatic carbocycles. The fourth-order valence-corrected chi connectivity index (χ4v) is 1.80. The van der Waals surface area contributed by atoms with Gasteiger partial charge in [-0.2, -0.15) is 0 Å². The topological polar surface area (TPSA) is 75.7 Å². The lowest BCUT2D eigenvalue weighted by Gasteiger charge is -2.29. The second-order valence-electron chi connectivity index (χ2n) is 5.54. The SMILES string of the molecule is CC(=C[C@H](C(C)C)N(C)C(=O)CNC=O)C(=O)OC(C)C. The second kappa shape index (κ2) is 9.15. The molecule has 1 N–H and O–H groups in total. The van der Waals surface area contributed by atoms with Crippen LogP contribution in [0.15, 0.2) is 11.6 Å². The lowest BCUT2D eigenvalue weighted by Crippen LogP contribution is -2.43. The van der Waals surface area contributed by atoms with Crippen LogP contribution >= 0.6 is 0 Å². The van der Waals surface area contributed by atoms with E-state index >= 15 is 0 Å². The molecule has 0 heterocycles. The van der Waals surface area contributed by atoms with Gasteiger partial charge in [-0.3, -0.25) is 9.59 Å². The Balaban J connectivity index is 5.01. The van der Waals surface area contributed by atoms with Crippen molar-refractivity contribution in [2.75, 3.05) is 13.6 Å². The minimum absolute atomic E-state index is 0.0629. The van der Waals surface area contributed by atoms with Gasteiger partial charge in [-0.25, -0.2) is 4.79 Å². The van der Waals surface area contributed by atoms with E-state index in [1.165, 1.54) is 4.90 Å². The summed E-state index contributed by atoms with van der Waals surface area (Å²) < 4.78 is 5.13. The van der Waals surface area contributed by atoms with E-state index in [0.29, 0.717) is 12.0 Å². The van der Waals surface area contributed by atoms with Gasteiger partial charge in [-0.05, 0) is 26.7 Å². The highest BCUT2D eigenvalue weighted by atomic mass is 16.5. The molecule has 120 valence electrons. The zero-order valence-electron chi connectivity index (χ0n) is 13.7. The molecule has 0 saturated heterocycles. The van der Waals surface area contributed by atoms with E-state index < -0.39 is 0 Å². The summed E-state index contributed by atoms with van der Waals surface area (Å²) in [5.74, 6) is -0.485. The number of likely N-dealkylation sites (N-methyl/N-ethyl adjacent to an activating group) is 1. The number of rotatable bonds is 8. The van der Waals surface area contributed by atoms with Crippen LogP contribution in [0.3, 0.4) is 0 Å². The number of carbonyl (C=O) groups is 3. The van der Waals surface area contributed by atoms with E-state index in [1.807, 2.05) is 13.8 Å². The van der Waals surface area contributed by atoms with E-state index in [-0.39, 0.29) is 36.5 Å². The molecule has 6 heteroatoms. The maximum absolute atomic E-state index is 11.9. The predicted octanol–water partition coefficient (Wildman–Crippen LogP) is 1.11. The quantitative estimate of drug-likeness (QED) is 0.414. The third kappa shape index (κ3) is 6.92. The first-order valence-corrected chi connectivity index (χ1v) is 7.02. The normalized spacial score (nSPS) is 13.0. The van der Waals surface area contributed by atoms with Gasteiger partial charge in [0.15, 0.2) is 0 Å². The van der Waals surface area contributed by atoms with Crippen LogP contribution in [0.4, 0.5) is 0 Å². The molecular formula is C15H26N2O4. The highest BCUT2D eigenvalue weighted by Gasteiger charge is 2.22. The molecule has 0 radical (unpaired) electrons. The van der Waals surface area contributed by atoms with Gasteiger partial charge in [0.25, 0.3) is 0 Å². The van der Waals surface area contributed by atoms with Gasteiger partial charge in [-0.15, -0.1) is 0 Å². The van der Waals surface area contributed by atoms with E-state index in [9.17, 15) is 14.4 Å². The third-order valence-corrected chi connectivity index (χ3v) is 2.95. The summed E-state index contributed by atoms with van der Waals surface area (Å²) in [5, 5.41) is 2.34. The molecule has 0 saturated carbocycles. The first kappa shape index (κ1) is 19.1. The van der Waals surface area contributed by atoms with Gasteiger partial charge in [0.1, 0.15) is 0 Å². The summed E-state index contributed by atoms with van der Waals surface area (Å²) in [4.78, 5) is 35.5. The largest absolute Gasteiger partial charge is 0.460 e. The molecular weight excluding hydrogens is 272 g/mol. The summed E-state index contributed by atoms with van der Waals surface area (Å²) in [7, 11) is 1.65. The third-order valence-electron chi connectivity index (χ3n) is 2.95. The van der Waals surface area contributed by atoms with Crippen molar-refractivity contribution < 1.29 is 19.1 Å². The number of amides is 2. The molecule has 0 rings (SSSR count). The van der Waals surface area contributed by atoms with Crippen LogP contribution in [-0.2, 0) is 19.1 Å². The number of esters is 1. The fourth-order valence-electron chi connectivity index (χ4n) is 1.80. The smallest absolute Gasteiger partial charge is 0.333 e. The summed E-state index contributed by atoms with van der Waals surface area (Å²) in [6.07, 6.45) is 2.03. The standard InChI is InChI=1S/C15H26N2O4/c1-10(2)13(17(6)14(19)8-16-9-18)7-12(5)15(20)21-11(3)4/h7,9-11,13H,8H2,1-6H3,(H,16,18)/t13-/m1/s1. The molecule has 0 unspecified atom stereocenters. The van der Waals surface area contributed by atoms with E-state index in [4.69, 9.17) is 4.74 Å². The van der Waals surface area contributed by atoms with Gasteiger partial charge in [0, 0.05) is 12.6 Å². The number of hydrogen-bond donors (Lipinski definition) is 1. The van der Waals surface area contributed by atoms with Gasteiger partial charge in [0.2, 0.25) is 12.3 Å². The lowest BCUT2D eigenvalue weighted by atomic mass is 10.00. The van der Waals surface area contributed by atoms with Crippen molar-refractivity contribution in [1.82, 2.24) is 10.2 Å². The molecule has 2 amide bonds. The summed E-state index contributed by atoms with van der Waals surface area (Å²) >= 11 is 0. The maximum Gasteiger partial charge on any atom is 0.333 e. The highest BCUT2D eigenvalue weighted by molar-refractivity contribution is 5.88. The molecule has 0 spiro atoms. The van der Waals surface area contributed by atoms with Crippen LogP contribution < -0.4 is 5.32 Å². The highest BCUT2D eigenvalue weighted by Crippen LogP contribution is 2.14. The summed E-state index contributed by atoms with van der Waals surface area (Å²) in [5.41, 5.74) is 0.463. The summed E-state index contributed by atoms with van der Waals surface area (Å²) in [6, 6.07) is -0.245. The van der Waals surface area contributed by atoms with Gasteiger partial charge >= 0.3 is 5.97 Å². The van der Waals surface area contributed by atoms with E-state index in [2.05, 4.69) is 5.32 Å². The number of carbonyl (C=O) groups excluding carboxylic acids is 3. The van der Waals surface area contributed by atoms with Crippen molar-refractivity contribution in [2.45, 2.75) is 46.8 Å². The number of nitrogens with zero attached hydrogens (tertiary/aromatic N) is 1. The monoisotopic (exact) mass is 298 g/mol. The van der Waals surface area contributed by atoms with Crippen molar-refractivity contribution in [3.8, 4) is 0 Å². The minimum Gasteiger partial charge on any atom is -0.460 e. The van der Waals surface area contributed by atoms with E-state index in [1.54, 1.807) is 33.9 Å². The van der Waals surface area contributed by atoms with Crippen LogP contribution in [0.1, 0.15) is 34.6 Å². The molecule has 0 aliphatic rings. The zero-order chi connectivity index (χ0) is 16.6. The molecule has 21 heavy (non-hydrogen) atoms. The van der Waals surface area contributed by atoms with Crippen LogP contribution in [0, 0.1) is 5.92 Å². The molecule has 0 aliphatic heterocycles. The number of hydrogen-bond acceptors (Lipinski definition) is 4. The van der Waals surface area contributed by atoms with Crippen molar-refractivity contribution in [3.63, 3.8) is 0 Å². The Morgan fingerprint density at radius 1 is 1.24 bits per heavy atom. The molecule has 0 fully saturated rings. The Labute approximate surface area is 126 Å². The molecule has 6 nitrogen and oxygen atoms in total. The maximum atomic E-state index is 11.9. The van der Waals surface area contributed by atoms with Crippen LogP contribution in [0.5, 0.6) is 0 Å². The Bertz CT molecular complexity index is 402. The Morgan fingerprint density at radius 2 is 1.81 bits per heavy atom. The Hall–Kier alpha value is -1.85. The number of ether oxygens (including phenoxy) is 1. The van der Waals surface area contributed by atoms with Gasteiger partial charge < -0.3 is 15.0 Å². The molecule has 1 atom stereocenters. The van der Waals surface area contributed by atoms with Crippen molar-refractivity contribution >= 4 is 18.3 Å². The summed E-state index contributed by atoms with van der Waals surface area (Å²) in [6.45, 7) is 9.09. The van der Waals surface area contributed by atoms with Crippen molar-refractivity contribution in [3.05, 3.63) is 11.6 Å². The molecule has 0 aromatic heterocycles. The van der Waals surface area contributed by atoms with Crippen molar-refractivity contribution in [1.29, 1.82) is 0 Å². The number of nitrogens with one attached hydrogen (secondary N) is 1. The zero-order valence-corrected chi connectivity index (χ0v) is 13.7. The Kier molecular flexibility index (Phi) is 8.35.